The number of benzene rings is 3. The Labute approximate surface area is 179 Å². The van der Waals surface area contributed by atoms with E-state index in [2.05, 4.69) is 15.4 Å². The van der Waals surface area contributed by atoms with Gasteiger partial charge in [0.2, 0.25) is 0 Å². The summed E-state index contributed by atoms with van der Waals surface area (Å²) in [5.74, 6) is -1.08. The van der Waals surface area contributed by atoms with Crippen LogP contribution in [0.25, 0.3) is 0 Å². The normalized spacial score (nSPS) is 10.9. The first-order valence-electron chi connectivity index (χ1n) is 9.26. The third-order valence-electron chi connectivity index (χ3n) is 4.39. The molecule has 0 bridgehead atoms. The van der Waals surface area contributed by atoms with Gasteiger partial charge in [-0.1, -0.05) is 12.1 Å². The zero-order valence-electron chi connectivity index (χ0n) is 16.6. The number of anilines is 1. The Kier molecular flexibility index (Phi) is 6.66. The molecule has 0 saturated heterocycles. The summed E-state index contributed by atoms with van der Waals surface area (Å²) in [6.07, 6.45) is 0. The zero-order valence-corrected chi connectivity index (χ0v) is 17.4. The minimum atomic E-state index is -3.88. The van der Waals surface area contributed by atoms with Crippen LogP contribution in [0.4, 0.5) is 10.1 Å². The van der Waals surface area contributed by atoms with E-state index in [1.807, 2.05) is 0 Å². The Bertz CT molecular complexity index is 1190. The number of carbonyl (C=O) groups excluding carboxylic acids is 2. The second-order valence-corrected chi connectivity index (χ2v) is 8.28. The molecule has 0 saturated carbocycles. The molecule has 31 heavy (non-hydrogen) atoms. The van der Waals surface area contributed by atoms with E-state index in [0.717, 1.165) is 17.7 Å². The lowest BCUT2D eigenvalue weighted by atomic mass is 10.1. The van der Waals surface area contributed by atoms with E-state index in [0.29, 0.717) is 5.56 Å². The largest absolute Gasteiger partial charge is 0.355 e. The van der Waals surface area contributed by atoms with Crippen LogP contribution >= 0.6 is 0 Å². The minimum Gasteiger partial charge on any atom is -0.355 e. The molecule has 3 rings (SSSR count). The number of rotatable bonds is 7. The van der Waals surface area contributed by atoms with Gasteiger partial charge in [0, 0.05) is 30.4 Å². The molecular weight excluding hydrogens is 421 g/mol. The van der Waals surface area contributed by atoms with Crippen molar-refractivity contribution in [2.45, 2.75) is 11.4 Å². The van der Waals surface area contributed by atoms with Crippen LogP contribution in [0.2, 0.25) is 0 Å². The molecule has 3 aromatic carbocycles. The average Bonchev–Trinajstić information content (AvgIpc) is 2.78. The van der Waals surface area contributed by atoms with E-state index in [9.17, 15) is 22.4 Å². The smallest absolute Gasteiger partial charge is 0.261 e. The molecule has 3 N–H and O–H groups in total. The average molecular weight is 441 g/mol. The minimum absolute atomic E-state index is 0.0355. The van der Waals surface area contributed by atoms with Gasteiger partial charge >= 0.3 is 0 Å². The first-order chi connectivity index (χ1) is 14.8. The van der Waals surface area contributed by atoms with E-state index >= 15 is 0 Å². The number of hydrogen-bond donors (Lipinski definition) is 3. The summed E-state index contributed by atoms with van der Waals surface area (Å²) in [4.78, 5) is 24.0. The summed E-state index contributed by atoms with van der Waals surface area (Å²) in [5.41, 5.74) is 1.74. The maximum atomic E-state index is 13.0. The van der Waals surface area contributed by atoms with Gasteiger partial charge in [0.15, 0.2) is 0 Å². The van der Waals surface area contributed by atoms with E-state index < -0.39 is 15.8 Å². The number of halogens is 1. The van der Waals surface area contributed by atoms with Crippen molar-refractivity contribution in [3.8, 4) is 0 Å². The predicted molar refractivity (Wildman–Crippen MR) is 115 cm³/mol. The quantitative estimate of drug-likeness (QED) is 0.524. The molecule has 9 heteroatoms. The molecule has 0 atom stereocenters. The summed E-state index contributed by atoms with van der Waals surface area (Å²) in [7, 11) is -2.34. The molecule has 0 spiro atoms. The van der Waals surface area contributed by atoms with Crippen LogP contribution in [0.15, 0.2) is 77.7 Å². The molecule has 0 aliphatic heterocycles. The molecule has 0 aromatic heterocycles. The predicted octanol–water partition coefficient (Wildman–Crippen LogP) is 2.92. The van der Waals surface area contributed by atoms with Crippen molar-refractivity contribution in [2.75, 3.05) is 11.8 Å². The maximum absolute atomic E-state index is 13.0. The summed E-state index contributed by atoms with van der Waals surface area (Å²) in [6, 6.07) is 17.2. The van der Waals surface area contributed by atoms with Crippen LogP contribution in [0.5, 0.6) is 0 Å². The van der Waals surface area contributed by atoms with Crippen LogP contribution in [0.1, 0.15) is 26.3 Å². The summed E-state index contributed by atoms with van der Waals surface area (Å²) < 4.78 is 40.2. The fourth-order valence-electron chi connectivity index (χ4n) is 2.77. The van der Waals surface area contributed by atoms with Gasteiger partial charge in [-0.05, 0) is 66.2 Å². The fourth-order valence-corrected chi connectivity index (χ4v) is 3.83. The highest BCUT2D eigenvalue weighted by Crippen LogP contribution is 2.17. The number of amides is 2. The lowest BCUT2D eigenvalue weighted by molar-refractivity contribution is 0.0948. The molecule has 2 amide bonds. The third kappa shape index (κ3) is 5.67. The van der Waals surface area contributed by atoms with Crippen molar-refractivity contribution < 1.29 is 22.4 Å². The van der Waals surface area contributed by atoms with Crippen molar-refractivity contribution >= 4 is 27.5 Å². The van der Waals surface area contributed by atoms with Gasteiger partial charge in [-0.2, -0.15) is 0 Å². The fraction of sp³-hybridized carbons (Fsp3) is 0.0909. The Morgan fingerprint density at radius 1 is 0.871 bits per heavy atom. The second-order valence-electron chi connectivity index (χ2n) is 6.60. The first kappa shape index (κ1) is 22.0. The lowest BCUT2D eigenvalue weighted by Crippen LogP contribution is -2.23. The Hall–Kier alpha value is -3.72. The van der Waals surface area contributed by atoms with E-state index in [1.54, 1.807) is 24.3 Å². The van der Waals surface area contributed by atoms with Gasteiger partial charge in [0.25, 0.3) is 21.8 Å². The zero-order chi connectivity index (χ0) is 22.4. The van der Waals surface area contributed by atoms with Crippen LogP contribution in [0, 0.1) is 5.82 Å². The van der Waals surface area contributed by atoms with Crippen LogP contribution in [-0.2, 0) is 16.6 Å². The van der Waals surface area contributed by atoms with Crippen molar-refractivity contribution in [1.82, 2.24) is 10.6 Å². The van der Waals surface area contributed by atoms with Crippen molar-refractivity contribution in [1.29, 1.82) is 0 Å². The molecular formula is C22H20FN3O4S. The number of nitrogens with one attached hydrogen (secondary N) is 3. The monoisotopic (exact) mass is 441 g/mol. The molecule has 3 aromatic rings. The van der Waals surface area contributed by atoms with Gasteiger partial charge in [-0.15, -0.1) is 0 Å². The van der Waals surface area contributed by atoms with Crippen LogP contribution < -0.4 is 15.4 Å². The Morgan fingerprint density at radius 2 is 1.55 bits per heavy atom. The van der Waals surface area contributed by atoms with Crippen LogP contribution in [-0.4, -0.2) is 27.3 Å². The van der Waals surface area contributed by atoms with E-state index in [-0.39, 0.29) is 34.5 Å². The van der Waals surface area contributed by atoms with Crippen LogP contribution in [0.3, 0.4) is 0 Å². The highest BCUT2D eigenvalue weighted by Gasteiger charge is 2.15. The third-order valence-corrected chi connectivity index (χ3v) is 5.79. The summed E-state index contributed by atoms with van der Waals surface area (Å²) in [6.45, 7) is 0.204. The SMILES string of the molecule is CNC(=O)c1cccc(CNC(=O)c2ccc(S(=O)(=O)Nc3ccc(F)cc3)cc2)c1. The standard InChI is InChI=1S/C22H20FN3O4S/c1-24-21(27)17-4-2-3-15(13-17)14-25-22(28)16-5-11-20(12-6-16)31(29,30)26-19-9-7-18(23)8-10-19/h2-13,26H,14H2,1H3,(H,24,27)(H,25,28). The van der Waals surface area contributed by atoms with Gasteiger partial charge < -0.3 is 10.6 Å². The molecule has 0 heterocycles. The Balaban J connectivity index is 1.64. The number of carbonyl (C=O) groups is 2. The topological polar surface area (TPSA) is 104 Å². The Morgan fingerprint density at radius 3 is 2.19 bits per heavy atom. The molecule has 0 fully saturated rings. The molecule has 0 unspecified atom stereocenters. The molecule has 7 nitrogen and oxygen atoms in total. The lowest BCUT2D eigenvalue weighted by Gasteiger charge is -2.10. The molecule has 0 radical (unpaired) electrons. The van der Waals surface area contributed by atoms with Crippen molar-refractivity contribution in [2.24, 2.45) is 0 Å². The molecule has 0 aliphatic carbocycles. The highest BCUT2D eigenvalue weighted by atomic mass is 32.2. The summed E-state index contributed by atoms with van der Waals surface area (Å²) >= 11 is 0. The highest BCUT2D eigenvalue weighted by molar-refractivity contribution is 7.92. The molecule has 0 aliphatic rings. The maximum Gasteiger partial charge on any atom is 0.261 e. The van der Waals surface area contributed by atoms with E-state index in [1.165, 1.54) is 43.4 Å². The second kappa shape index (κ2) is 9.40. The van der Waals surface area contributed by atoms with Gasteiger partial charge in [-0.3, -0.25) is 14.3 Å². The molecule has 160 valence electrons. The van der Waals surface area contributed by atoms with Gasteiger partial charge in [-0.25, -0.2) is 12.8 Å². The van der Waals surface area contributed by atoms with E-state index in [4.69, 9.17) is 0 Å². The number of sulfonamides is 1. The van der Waals surface area contributed by atoms with Crippen molar-refractivity contribution in [3.05, 3.63) is 95.3 Å². The first-order valence-corrected chi connectivity index (χ1v) is 10.7. The van der Waals surface area contributed by atoms with Gasteiger partial charge in [0.05, 0.1) is 4.90 Å². The number of hydrogen-bond acceptors (Lipinski definition) is 4. The van der Waals surface area contributed by atoms with Gasteiger partial charge in [0.1, 0.15) is 5.82 Å². The van der Waals surface area contributed by atoms with Crippen molar-refractivity contribution in [3.63, 3.8) is 0 Å². The summed E-state index contributed by atoms with van der Waals surface area (Å²) in [5, 5.41) is 5.27.